The molecule has 2 aromatic rings. The lowest BCUT2D eigenvalue weighted by atomic mass is 9.92. The predicted molar refractivity (Wildman–Crippen MR) is 104 cm³/mol. The molecule has 8 heteroatoms. The quantitative estimate of drug-likeness (QED) is 0.779. The molecule has 0 radical (unpaired) electrons. The fourth-order valence-corrected chi connectivity index (χ4v) is 3.02. The Kier molecular flexibility index (Phi) is 5.74. The number of hydrogen-bond acceptors (Lipinski definition) is 7. The molecule has 0 saturated carbocycles. The number of piperazine rings is 1. The summed E-state index contributed by atoms with van der Waals surface area (Å²) in [5.41, 5.74) is 0.811. The van der Waals surface area contributed by atoms with Crippen molar-refractivity contribution in [2.75, 3.05) is 44.7 Å². The molecule has 0 atom stereocenters. The summed E-state index contributed by atoms with van der Waals surface area (Å²) in [6.45, 7) is 11.2. The summed E-state index contributed by atoms with van der Waals surface area (Å²) in [5, 5.41) is 4.54. The summed E-state index contributed by atoms with van der Waals surface area (Å²) in [6, 6.07) is 5.19. The Labute approximate surface area is 159 Å². The minimum Gasteiger partial charge on any atom is -0.481 e. The van der Waals surface area contributed by atoms with Gasteiger partial charge in [0.15, 0.2) is 0 Å². The van der Waals surface area contributed by atoms with Gasteiger partial charge in [0.25, 0.3) is 5.56 Å². The molecule has 8 nitrogen and oxygen atoms in total. The topological polar surface area (TPSA) is 76.4 Å². The van der Waals surface area contributed by atoms with Crippen molar-refractivity contribution >= 4 is 5.95 Å². The van der Waals surface area contributed by atoms with E-state index in [1.165, 1.54) is 0 Å². The third-order valence-electron chi connectivity index (χ3n) is 4.74. The Balaban J connectivity index is 1.56. The Hall–Kier alpha value is -2.48. The van der Waals surface area contributed by atoms with E-state index in [0.717, 1.165) is 38.4 Å². The maximum absolute atomic E-state index is 12.1. The van der Waals surface area contributed by atoms with Crippen LogP contribution in [0.1, 0.15) is 26.5 Å². The van der Waals surface area contributed by atoms with E-state index in [1.807, 2.05) is 6.07 Å². The van der Waals surface area contributed by atoms with Gasteiger partial charge in [0.2, 0.25) is 11.8 Å². The first kappa shape index (κ1) is 19.3. The minimum atomic E-state index is -0.0716. The summed E-state index contributed by atoms with van der Waals surface area (Å²) in [7, 11) is 1.61. The van der Waals surface area contributed by atoms with Gasteiger partial charge in [-0.15, -0.1) is 0 Å². The van der Waals surface area contributed by atoms with Crippen molar-refractivity contribution in [2.45, 2.75) is 32.7 Å². The van der Waals surface area contributed by atoms with E-state index in [-0.39, 0.29) is 11.0 Å². The first-order valence-electron chi connectivity index (χ1n) is 9.30. The van der Waals surface area contributed by atoms with Crippen LogP contribution in [0.3, 0.4) is 0 Å². The zero-order valence-electron chi connectivity index (χ0n) is 16.6. The largest absolute Gasteiger partial charge is 0.481 e. The second kappa shape index (κ2) is 8.04. The second-order valence-corrected chi connectivity index (χ2v) is 7.76. The highest BCUT2D eigenvalue weighted by Crippen LogP contribution is 2.18. The molecule has 3 rings (SSSR count). The lowest BCUT2D eigenvalue weighted by Crippen LogP contribution is -2.48. The molecule has 1 aliphatic rings. The maximum atomic E-state index is 12.1. The van der Waals surface area contributed by atoms with Crippen LogP contribution in [-0.2, 0) is 12.0 Å². The number of methoxy groups -OCH3 is 1. The van der Waals surface area contributed by atoms with Crippen LogP contribution in [-0.4, -0.2) is 64.5 Å². The number of hydrogen-bond donors (Lipinski definition) is 0. The molecular weight excluding hydrogens is 344 g/mol. The molecule has 3 heterocycles. The normalized spacial score (nSPS) is 15.8. The highest BCUT2D eigenvalue weighted by Gasteiger charge is 2.20. The molecule has 0 spiro atoms. The molecule has 0 amide bonds. The summed E-state index contributed by atoms with van der Waals surface area (Å²) in [6.07, 6.45) is 1.72. The fraction of sp³-hybridized carbons (Fsp3) is 0.579. The van der Waals surface area contributed by atoms with Crippen LogP contribution in [0, 0.1) is 0 Å². The van der Waals surface area contributed by atoms with Crippen LogP contribution >= 0.6 is 0 Å². The van der Waals surface area contributed by atoms with Gasteiger partial charge < -0.3 is 9.64 Å². The molecule has 0 aromatic carbocycles. The van der Waals surface area contributed by atoms with Crippen LogP contribution in [0.4, 0.5) is 5.95 Å². The third-order valence-corrected chi connectivity index (χ3v) is 4.74. The SMILES string of the molecule is COc1ccnc(N2CCN(CCn3nc(C(C)(C)C)ccc3=O)CC2)n1. The maximum Gasteiger partial charge on any atom is 0.266 e. The van der Waals surface area contributed by atoms with E-state index >= 15 is 0 Å². The first-order valence-corrected chi connectivity index (χ1v) is 9.30. The van der Waals surface area contributed by atoms with Crippen LogP contribution < -0.4 is 15.2 Å². The van der Waals surface area contributed by atoms with Gasteiger partial charge in [0.1, 0.15) is 0 Å². The van der Waals surface area contributed by atoms with Gasteiger partial charge in [-0.2, -0.15) is 10.1 Å². The first-order chi connectivity index (χ1) is 12.9. The van der Waals surface area contributed by atoms with Crippen LogP contribution in [0.15, 0.2) is 29.2 Å². The lowest BCUT2D eigenvalue weighted by Gasteiger charge is -2.34. The lowest BCUT2D eigenvalue weighted by molar-refractivity contribution is 0.240. The van der Waals surface area contributed by atoms with Crippen molar-refractivity contribution in [3.05, 3.63) is 40.4 Å². The predicted octanol–water partition coefficient (Wildman–Crippen LogP) is 1.16. The molecular formula is C19H28N6O2. The van der Waals surface area contributed by atoms with Crippen molar-refractivity contribution in [3.8, 4) is 5.88 Å². The molecule has 2 aromatic heterocycles. The monoisotopic (exact) mass is 372 g/mol. The number of nitrogens with zero attached hydrogens (tertiary/aromatic N) is 6. The van der Waals surface area contributed by atoms with Gasteiger partial charge in [-0.3, -0.25) is 9.69 Å². The van der Waals surface area contributed by atoms with E-state index in [9.17, 15) is 4.79 Å². The zero-order valence-corrected chi connectivity index (χ0v) is 16.6. The van der Waals surface area contributed by atoms with E-state index < -0.39 is 0 Å². The number of ether oxygens (including phenoxy) is 1. The molecule has 1 aliphatic heterocycles. The average molecular weight is 372 g/mol. The Morgan fingerprint density at radius 1 is 1.07 bits per heavy atom. The summed E-state index contributed by atoms with van der Waals surface area (Å²) in [4.78, 5) is 25.3. The highest BCUT2D eigenvalue weighted by molar-refractivity contribution is 5.32. The van der Waals surface area contributed by atoms with Crippen molar-refractivity contribution in [2.24, 2.45) is 0 Å². The van der Waals surface area contributed by atoms with Crippen molar-refractivity contribution in [1.82, 2.24) is 24.6 Å². The van der Waals surface area contributed by atoms with Gasteiger partial charge in [-0.25, -0.2) is 9.67 Å². The van der Waals surface area contributed by atoms with Crippen LogP contribution in [0.5, 0.6) is 5.88 Å². The molecule has 0 aliphatic carbocycles. The zero-order chi connectivity index (χ0) is 19.4. The molecule has 27 heavy (non-hydrogen) atoms. The molecule has 0 bridgehead atoms. The van der Waals surface area contributed by atoms with Crippen LogP contribution in [0.2, 0.25) is 0 Å². The van der Waals surface area contributed by atoms with E-state index in [4.69, 9.17) is 4.74 Å². The van der Waals surface area contributed by atoms with Gasteiger partial charge >= 0.3 is 0 Å². The fourth-order valence-electron chi connectivity index (χ4n) is 3.02. The molecule has 0 N–H and O–H groups in total. The van der Waals surface area contributed by atoms with Gasteiger partial charge in [-0.1, -0.05) is 20.8 Å². The Morgan fingerprint density at radius 3 is 2.48 bits per heavy atom. The van der Waals surface area contributed by atoms with E-state index in [0.29, 0.717) is 18.4 Å². The average Bonchev–Trinajstić information content (AvgIpc) is 2.67. The van der Waals surface area contributed by atoms with Crippen molar-refractivity contribution in [3.63, 3.8) is 0 Å². The van der Waals surface area contributed by atoms with Crippen molar-refractivity contribution < 1.29 is 4.74 Å². The highest BCUT2D eigenvalue weighted by atomic mass is 16.5. The van der Waals surface area contributed by atoms with E-state index in [2.05, 4.69) is 45.6 Å². The second-order valence-electron chi connectivity index (χ2n) is 7.76. The molecule has 1 saturated heterocycles. The molecule has 146 valence electrons. The number of rotatable bonds is 5. The number of anilines is 1. The Morgan fingerprint density at radius 2 is 1.81 bits per heavy atom. The van der Waals surface area contributed by atoms with Gasteiger partial charge in [0, 0.05) is 56.5 Å². The minimum absolute atomic E-state index is 0.0496. The summed E-state index contributed by atoms with van der Waals surface area (Å²) >= 11 is 0. The van der Waals surface area contributed by atoms with E-state index in [1.54, 1.807) is 30.1 Å². The number of aromatic nitrogens is 4. The van der Waals surface area contributed by atoms with Gasteiger partial charge in [0.05, 0.1) is 19.3 Å². The summed E-state index contributed by atoms with van der Waals surface area (Å²) < 4.78 is 6.75. The van der Waals surface area contributed by atoms with Gasteiger partial charge in [-0.05, 0) is 6.07 Å². The smallest absolute Gasteiger partial charge is 0.266 e. The standard InChI is InChI=1S/C19H28N6O2/c1-19(2,3)15-5-6-17(26)25(22-15)14-11-23-9-12-24(13-10-23)18-20-8-7-16(21-18)27-4/h5-8H,9-14H2,1-4H3. The third kappa shape index (κ3) is 4.82. The van der Waals surface area contributed by atoms with Crippen LogP contribution in [0.25, 0.3) is 0 Å². The molecule has 1 fully saturated rings. The van der Waals surface area contributed by atoms with Crippen molar-refractivity contribution in [1.29, 1.82) is 0 Å². The Bertz CT molecular complexity index is 821. The molecule has 0 unspecified atom stereocenters. The summed E-state index contributed by atoms with van der Waals surface area (Å²) in [5.74, 6) is 1.27.